The molecule has 0 spiro atoms. The molecule has 0 aliphatic heterocycles. The molecule has 0 atom stereocenters. The molecule has 0 bridgehead atoms. The Kier molecular flexibility index (Phi) is 4.31. The number of hydrogen-bond acceptors (Lipinski definition) is 2. The summed E-state index contributed by atoms with van der Waals surface area (Å²) in [6.45, 7) is 0. The van der Waals surface area contributed by atoms with Crippen molar-refractivity contribution in [1.82, 2.24) is 0 Å². The van der Waals surface area contributed by atoms with Crippen LogP contribution in [0.4, 0.5) is 0 Å². The lowest BCUT2D eigenvalue weighted by Gasteiger charge is -2.26. The first kappa shape index (κ1) is 9.40. The van der Waals surface area contributed by atoms with Crippen molar-refractivity contribution in [2.45, 2.75) is 31.8 Å². The fourth-order valence-electron chi connectivity index (χ4n) is 1.77. The van der Waals surface area contributed by atoms with E-state index in [1.165, 1.54) is 31.4 Å². The molecule has 1 saturated carbocycles. The molecule has 1 fully saturated rings. The van der Waals surface area contributed by atoms with Gasteiger partial charge in [0.2, 0.25) is 0 Å². The minimum Gasteiger partial charge on any atom is -0.381 e. The van der Waals surface area contributed by atoms with Crippen molar-refractivity contribution in [2.24, 2.45) is 5.92 Å². The monoisotopic (exact) mass is 174 g/mol. The second-order valence-electron chi connectivity index (χ2n) is 3.33. The third-order valence-electron chi connectivity index (χ3n) is 2.53. The minimum atomic E-state index is 0.563. The molecule has 1 aliphatic carbocycles. The highest BCUT2D eigenvalue weighted by Crippen LogP contribution is 2.27. The van der Waals surface area contributed by atoms with Crippen LogP contribution in [0.2, 0.25) is 0 Å². The summed E-state index contributed by atoms with van der Waals surface area (Å²) in [5, 5.41) is 0. The maximum Gasteiger partial charge on any atom is 0.0571 e. The molecule has 0 heterocycles. The van der Waals surface area contributed by atoms with Crippen molar-refractivity contribution in [3.8, 4) is 0 Å². The molecule has 1 rings (SSSR count). The maximum absolute atomic E-state index is 5.31. The summed E-state index contributed by atoms with van der Waals surface area (Å²) in [6, 6.07) is 0. The van der Waals surface area contributed by atoms with Gasteiger partial charge in [-0.05, 0) is 43.6 Å². The summed E-state index contributed by atoms with van der Waals surface area (Å²) in [5.74, 6) is 2.31. The van der Waals surface area contributed by atoms with E-state index in [-0.39, 0.29) is 0 Å². The smallest absolute Gasteiger partial charge is 0.0571 e. The summed E-state index contributed by atoms with van der Waals surface area (Å²) in [4.78, 5) is 0. The first-order chi connectivity index (χ1) is 5.36. The molecule has 1 nitrogen and oxygen atoms in total. The Morgan fingerprint density at radius 1 is 1.27 bits per heavy atom. The molecular formula is C9H18OS. The van der Waals surface area contributed by atoms with Crippen LogP contribution in [0.15, 0.2) is 0 Å². The van der Waals surface area contributed by atoms with Crippen LogP contribution in [0, 0.1) is 5.92 Å². The van der Waals surface area contributed by atoms with E-state index in [2.05, 4.69) is 6.26 Å². The second kappa shape index (κ2) is 5.04. The van der Waals surface area contributed by atoms with Crippen LogP contribution < -0.4 is 0 Å². The summed E-state index contributed by atoms with van der Waals surface area (Å²) in [6.07, 6.45) is 8.07. The fraction of sp³-hybridized carbons (Fsp3) is 1.00. The van der Waals surface area contributed by atoms with Gasteiger partial charge < -0.3 is 4.74 Å². The highest BCUT2D eigenvalue weighted by molar-refractivity contribution is 7.98. The van der Waals surface area contributed by atoms with Crippen molar-refractivity contribution in [2.75, 3.05) is 19.1 Å². The van der Waals surface area contributed by atoms with Crippen molar-refractivity contribution in [1.29, 1.82) is 0 Å². The minimum absolute atomic E-state index is 0.563. The van der Waals surface area contributed by atoms with Gasteiger partial charge in [0.25, 0.3) is 0 Å². The zero-order chi connectivity index (χ0) is 8.10. The van der Waals surface area contributed by atoms with Crippen molar-refractivity contribution >= 4 is 11.8 Å². The summed E-state index contributed by atoms with van der Waals surface area (Å²) < 4.78 is 5.31. The molecule has 0 aromatic rings. The van der Waals surface area contributed by atoms with Gasteiger partial charge >= 0.3 is 0 Å². The zero-order valence-electron chi connectivity index (χ0n) is 7.51. The van der Waals surface area contributed by atoms with E-state index in [0.717, 1.165) is 5.92 Å². The van der Waals surface area contributed by atoms with E-state index < -0.39 is 0 Å². The Morgan fingerprint density at radius 3 is 2.36 bits per heavy atom. The van der Waals surface area contributed by atoms with Crippen LogP contribution in [0.3, 0.4) is 0 Å². The molecule has 0 amide bonds. The third kappa shape index (κ3) is 3.04. The molecule has 0 radical (unpaired) electrons. The lowest BCUT2D eigenvalue weighted by Crippen LogP contribution is -2.21. The lowest BCUT2D eigenvalue weighted by atomic mass is 9.89. The predicted octanol–water partition coefficient (Wildman–Crippen LogP) is 2.55. The molecule has 0 aromatic carbocycles. The molecule has 1 aliphatic rings. The molecule has 0 unspecified atom stereocenters. The average molecular weight is 174 g/mol. The highest BCUT2D eigenvalue weighted by Gasteiger charge is 2.19. The summed E-state index contributed by atoms with van der Waals surface area (Å²) in [5.41, 5.74) is 0. The van der Waals surface area contributed by atoms with E-state index >= 15 is 0 Å². The SMILES string of the molecule is COC1CCC(CSC)CC1. The van der Waals surface area contributed by atoms with Crippen LogP contribution in [-0.4, -0.2) is 25.2 Å². The molecule has 11 heavy (non-hydrogen) atoms. The Balaban J connectivity index is 2.14. The van der Waals surface area contributed by atoms with Crippen molar-refractivity contribution in [3.63, 3.8) is 0 Å². The van der Waals surface area contributed by atoms with Gasteiger partial charge in [0.05, 0.1) is 6.10 Å². The van der Waals surface area contributed by atoms with Gasteiger partial charge in [0.1, 0.15) is 0 Å². The Labute approximate surface area is 73.9 Å². The van der Waals surface area contributed by atoms with Gasteiger partial charge in [-0.25, -0.2) is 0 Å². The number of hydrogen-bond donors (Lipinski definition) is 0. The molecular weight excluding hydrogens is 156 g/mol. The highest BCUT2D eigenvalue weighted by atomic mass is 32.2. The summed E-state index contributed by atoms with van der Waals surface area (Å²) >= 11 is 1.98. The topological polar surface area (TPSA) is 9.23 Å². The third-order valence-corrected chi connectivity index (χ3v) is 3.33. The largest absolute Gasteiger partial charge is 0.381 e. The number of thioether (sulfide) groups is 1. The van der Waals surface area contributed by atoms with Crippen LogP contribution in [0.1, 0.15) is 25.7 Å². The van der Waals surface area contributed by atoms with Gasteiger partial charge in [-0.2, -0.15) is 11.8 Å². The number of methoxy groups -OCH3 is 1. The van der Waals surface area contributed by atoms with Gasteiger partial charge in [-0.3, -0.25) is 0 Å². The molecule has 0 saturated heterocycles. The van der Waals surface area contributed by atoms with Gasteiger partial charge in [0.15, 0.2) is 0 Å². The normalized spacial score (nSPS) is 32.2. The van der Waals surface area contributed by atoms with Crippen molar-refractivity contribution < 1.29 is 4.74 Å². The molecule has 2 heteroatoms. The van der Waals surface area contributed by atoms with Crippen LogP contribution in [-0.2, 0) is 4.74 Å². The van der Waals surface area contributed by atoms with E-state index in [4.69, 9.17) is 4.74 Å². The van der Waals surface area contributed by atoms with E-state index in [1.54, 1.807) is 0 Å². The second-order valence-corrected chi connectivity index (χ2v) is 4.24. The van der Waals surface area contributed by atoms with Gasteiger partial charge in [0, 0.05) is 7.11 Å². The van der Waals surface area contributed by atoms with Crippen LogP contribution in [0.25, 0.3) is 0 Å². The average Bonchev–Trinajstić information content (AvgIpc) is 2.07. The van der Waals surface area contributed by atoms with Crippen LogP contribution >= 0.6 is 11.8 Å². The van der Waals surface area contributed by atoms with Gasteiger partial charge in [-0.15, -0.1) is 0 Å². The van der Waals surface area contributed by atoms with E-state index in [9.17, 15) is 0 Å². The first-order valence-electron chi connectivity index (χ1n) is 4.38. The number of ether oxygens (including phenoxy) is 1. The van der Waals surface area contributed by atoms with Crippen molar-refractivity contribution in [3.05, 3.63) is 0 Å². The Bertz CT molecular complexity index is 97.7. The predicted molar refractivity (Wildman–Crippen MR) is 51.1 cm³/mol. The molecule has 66 valence electrons. The number of rotatable bonds is 3. The van der Waals surface area contributed by atoms with E-state index in [0.29, 0.717) is 6.10 Å². The quantitative estimate of drug-likeness (QED) is 0.650. The Morgan fingerprint density at radius 2 is 1.91 bits per heavy atom. The standard InChI is InChI=1S/C9H18OS/c1-10-9-5-3-8(4-6-9)7-11-2/h8-9H,3-7H2,1-2H3. The van der Waals surface area contributed by atoms with Crippen LogP contribution in [0.5, 0.6) is 0 Å². The Hall–Kier alpha value is 0.310. The molecule has 0 aromatic heterocycles. The zero-order valence-corrected chi connectivity index (χ0v) is 8.32. The van der Waals surface area contributed by atoms with Gasteiger partial charge in [-0.1, -0.05) is 0 Å². The lowest BCUT2D eigenvalue weighted by molar-refractivity contribution is 0.0599. The summed E-state index contributed by atoms with van der Waals surface area (Å²) in [7, 11) is 1.83. The molecule has 0 N–H and O–H groups in total. The van der Waals surface area contributed by atoms with E-state index in [1.807, 2.05) is 18.9 Å². The maximum atomic E-state index is 5.31. The first-order valence-corrected chi connectivity index (χ1v) is 5.78. The fourth-order valence-corrected chi connectivity index (χ4v) is 2.57.